The van der Waals surface area contributed by atoms with Crippen LogP contribution in [0.3, 0.4) is 0 Å². The lowest BCUT2D eigenvalue weighted by molar-refractivity contribution is 0.423. The van der Waals surface area contributed by atoms with E-state index in [1.54, 1.807) is 6.07 Å². The van der Waals surface area contributed by atoms with E-state index in [0.29, 0.717) is 32.1 Å². The molecule has 2 aromatic heterocycles. The molecule has 0 bridgehead atoms. The highest BCUT2D eigenvalue weighted by Crippen LogP contribution is 2.37. The Morgan fingerprint density at radius 2 is 2.05 bits per heavy atom. The molecule has 0 aromatic carbocycles. The molecule has 1 aliphatic carbocycles. The van der Waals surface area contributed by atoms with Crippen molar-refractivity contribution in [2.24, 2.45) is 5.84 Å². The minimum Gasteiger partial charge on any atom is -0.307 e. The number of hydrogen-bond acceptors (Lipinski definition) is 7. The van der Waals surface area contributed by atoms with E-state index in [1.807, 2.05) is 4.68 Å². The molecule has 1 aliphatic rings. The first-order chi connectivity index (χ1) is 10.2. The van der Waals surface area contributed by atoms with Crippen LogP contribution in [0.2, 0.25) is 10.0 Å². The average molecular weight is 346 g/mol. The maximum atomic E-state index is 6.17. The Hall–Kier alpha value is -1.09. The molecule has 0 aliphatic heterocycles. The molecule has 0 spiro atoms. The zero-order chi connectivity index (χ0) is 14.8. The summed E-state index contributed by atoms with van der Waals surface area (Å²) in [6.07, 6.45) is 4.59. The predicted molar refractivity (Wildman–Crippen MR) is 81.5 cm³/mol. The second-order valence-electron chi connectivity index (χ2n) is 4.70. The number of hydrazine groups is 1. The molecule has 1 saturated carbocycles. The van der Waals surface area contributed by atoms with E-state index in [4.69, 9.17) is 29.0 Å². The van der Waals surface area contributed by atoms with E-state index in [0.717, 1.165) is 12.8 Å². The SMILES string of the molecule is NNc1nc(Sc2nnnn2C2CCCC2)c(Cl)cc1Cl. The number of nitrogens with one attached hydrogen (secondary N) is 1. The molecular weight excluding hydrogens is 333 g/mol. The van der Waals surface area contributed by atoms with Gasteiger partial charge in [0.2, 0.25) is 5.16 Å². The summed E-state index contributed by atoms with van der Waals surface area (Å²) in [4.78, 5) is 4.29. The monoisotopic (exact) mass is 345 g/mol. The third-order valence-corrected chi connectivity index (χ3v) is 5.00. The van der Waals surface area contributed by atoms with Crippen LogP contribution in [0.15, 0.2) is 16.2 Å². The fourth-order valence-electron chi connectivity index (χ4n) is 2.34. The summed E-state index contributed by atoms with van der Waals surface area (Å²) in [5, 5.41) is 13.9. The van der Waals surface area contributed by atoms with Crippen LogP contribution in [-0.4, -0.2) is 25.2 Å². The number of anilines is 1. The zero-order valence-electron chi connectivity index (χ0n) is 11.0. The summed E-state index contributed by atoms with van der Waals surface area (Å²) in [7, 11) is 0. The minimum absolute atomic E-state index is 0.348. The lowest BCUT2D eigenvalue weighted by Crippen LogP contribution is -2.10. The number of nitrogens with two attached hydrogens (primary N) is 1. The number of aromatic nitrogens is 5. The van der Waals surface area contributed by atoms with Gasteiger partial charge in [0, 0.05) is 0 Å². The predicted octanol–water partition coefficient (Wildman–Crippen LogP) is 2.93. The van der Waals surface area contributed by atoms with Crippen molar-refractivity contribution in [3.05, 3.63) is 16.1 Å². The van der Waals surface area contributed by atoms with Gasteiger partial charge in [-0.25, -0.2) is 15.5 Å². The van der Waals surface area contributed by atoms with Gasteiger partial charge in [0.15, 0.2) is 5.82 Å². The molecule has 3 N–H and O–H groups in total. The third kappa shape index (κ3) is 3.08. The van der Waals surface area contributed by atoms with Gasteiger partial charge in [-0.05, 0) is 41.1 Å². The Labute approximate surface area is 135 Å². The van der Waals surface area contributed by atoms with Gasteiger partial charge in [-0.2, -0.15) is 0 Å². The molecular formula is C11H13Cl2N7S. The third-order valence-electron chi connectivity index (χ3n) is 3.36. The summed E-state index contributed by atoms with van der Waals surface area (Å²) >= 11 is 13.4. The average Bonchev–Trinajstić information content (AvgIpc) is 3.12. The highest BCUT2D eigenvalue weighted by molar-refractivity contribution is 7.99. The quantitative estimate of drug-likeness (QED) is 0.649. The smallest absolute Gasteiger partial charge is 0.215 e. The van der Waals surface area contributed by atoms with Gasteiger partial charge in [-0.1, -0.05) is 36.0 Å². The number of hydrogen-bond donors (Lipinski definition) is 2. The van der Waals surface area contributed by atoms with Crippen molar-refractivity contribution in [2.45, 2.75) is 41.9 Å². The van der Waals surface area contributed by atoms with Crippen LogP contribution >= 0.6 is 35.0 Å². The van der Waals surface area contributed by atoms with E-state index in [-0.39, 0.29) is 0 Å². The largest absolute Gasteiger partial charge is 0.307 e. The Morgan fingerprint density at radius 1 is 1.29 bits per heavy atom. The second kappa shape index (κ2) is 6.35. The van der Waals surface area contributed by atoms with Crippen LogP contribution in [0, 0.1) is 0 Å². The number of halogens is 2. The molecule has 21 heavy (non-hydrogen) atoms. The second-order valence-corrected chi connectivity index (χ2v) is 6.47. The maximum Gasteiger partial charge on any atom is 0.215 e. The first-order valence-corrected chi connectivity index (χ1v) is 8.04. The molecule has 0 atom stereocenters. The Morgan fingerprint density at radius 3 is 2.76 bits per heavy atom. The molecule has 0 unspecified atom stereocenters. The van der Waals surface area contributed by atoms with Crippen molar-refractivity contribution >= 4 is 40.8 Å². The summed E-state index contributed by atoms with van der Waals surface area (Å²) in [6, 6.07) is 1.94. The first-order valence-electron chi connectivity index (χ1n) is 6.47. The number of tetrazole rings is 1. The van der Waals surface area contributed by atoms with E-state index in [1.165, 1.54) is 24.6 Å². The van der Waals surface area contributed by atoms with Crippen molar-refractivity contribution in [3.8, 4) is 0 Å². The fraction of sp³-hybridized carbons (Fsp3) is 0.455. The Kier molecular flexibility index (Phi) is 4.48. The molecule has 0 saturated heterocycles. The van der Waals surface area contributed by atoms with E-state index in [2.05, 4.69) is 25.9 Å². The van der Waals surface area contributed by atoms with Crippen LogP contribution in [0.5, 0.6) is 0 Å². The molecule has 3 rings (SSSR count). The summed E-state index contributed by atoms with van der Waals surface area (Å²) in [5.74, 6) is 5.74. The fourth-order valence-corrected chi connectivity index (χ4v) is 3.69. The van der Waals surface area contributed by atoms with E-state index >= 15 is 0 Å². The Balaban J connectivity index is 1.89. The molecule has 10 heteroatoms. The zero-order valence-corrected chi connectivity index (χ0v) is 13.3. The normalized spacial score (nSPS) is 15.6. The molecule has 112 valence electrons. The van der Waals surface area contributed by atoms with Gasteiger partial charge in [0.25, 0.3) is 0 Å². The number of nitrogen functional groups attached to an aromatic ring is 1. The molecule has 0 radical (unpaired) electrons. The summed E-state index contributed by atoms with van der Waals surface area (Å²) < 4.78 is 1.85. The van der Waals surface area contributed by atoms with Crippen LogP contribution in [-0.2, 0) is 0 Å². The molecule has 2 aromatic rings. The van der Waals surface area contributed by atoms with Crippen molar-refractivity contribution in [1.82, 2.24) is 25.2 Å². The topological polar surface area (TPSA) is 94.5 Å². The summed E-state index contributed by atoms with van der Waals surface area (Å²) in [6.45, 7) is 0. The lowest BCUT2D eigenvalue weighted by atomic mass is 10.3. The first kappa shape index (κ1) is 14.8. The standard InChI is InChI=1S/C11H13Cl2N7S/c12-7-5-8(13)10(15-9(7)16-14)21-11-17-18-19-20(11)6-3-1-2-4-6/h5-6H,1-4,14H2,(H,15,16). The van der Waals surface area contributed by atoms with Crippen molar-refractivity contribution in [1.29, 1.82) is 0 Å². The molecule has 2 heterocycles. The van der Waals surface area contributed by atoms with Crippen LogP contribution in [0.4, 0.5) is 5.82 Å². The van der Waals surface area contributed by atoms with Crippen LogP contribution in [0.1, 0.15) is 31.7 Å². The number of nitrogens with zero attached hydrogens (tertiary/aromatic N) is 5. The van der Waals surface area contributed by atoms with Gasteiger partial charge < -0.3 is 5.43 Å². The van der Waals surface area contributed by atoms with Gasteiger partial charge in [0.1, 0.15) is 5.03 Å². The van der Waals surface area contributed by atoms with E-state index < -0.39 is 0 Å². The molecule has 1 fully saturated rings. The van der Waals surface area contributed by atoms with Crippen LogP contribution in [0.25, 0.3) is 0 Å². The highest BCUT2D eigenvalue weighted by Gasteiger charge is 2.23. The Bertz CT molecular complexity index is 641. The molecule has 0 amide bonds. The number of pyridine rings is 1. The van der Waals surface area contributed by atoms with Gasteiger partial charge in [-0.3, -0.25) is 0 Å². The minimum atomic E-state index is 0.348. The van der Waals surface area contributed by atoms with Crippen molar-refractivity contribution < 1.29 is 0 Å². The van der Waals surface area contributed by atoms with E-state index in [9.17, 15) is 0 Å². The maximum absolute atomic E-state index is 6.17. The van der Waals surface area contributed by atoms with Crippen molar-refractivity contribution in [2.75, 3.05) is 5.43 Å². The van der Waals surface area contributed by atoms with Crippen molar-refractivity contribution in [3.63, 3.8) is 0 Å². The number of rotatable bonds is 4. The van der Waals surface area contributed by atoms with Gasteiger partial charge in [-0.15, -0.1) is 5.10 Å². The van der Waals surface area contributed by atoms with Gasteiger partial charge >= 0.3 is 0 Å². The lowest BCUT2D eigenvalue weighted by Gasteiger charge is -2.11. The van der Waals surface area contributed by atoms with Crippen LogP contribution < -0.4 is 11.3 Å². The summed E-state index contributed by atoms with van der Waals surface area (Å²) in [5.41, 5.74) is 2.44. The molecule has 7 nitrogen and oxygen atoms in total. The highest BCUT2D eigenvalue weighted by atomic mass is 35.5. The van der Waals surface area contributed by atoms with Gasteiger partial charge in [0.05, 0.1) is 16.1 Å².